The third-order valence-electron chi connectivity index (χ3n) is 4.01. The number of amides is 2. The average molecular weight is 372 g/mol. The van der Waals surface area contributed by atoms with E-state index in [0.29, 0.717) is 11.4 Å². The topological polar surface area (TPSA) is 93.7 Å². The largest absolute Gasteiger partial charge is 0.464 e. The number of halogens is 1. The van der Waals surface area contributed by atoms with Gasteiger partial charge in [-0.3, -0.25) is 9.59 Å². The molecule has 140 valence electrons. The molecule has 0 radical (unpaired) electrons. The molecule has 1 heterocycles. The first kappa shape index (κ1) is 18.4. The summed E-state index contributed by atoms with van der Waals surface area (Å²) in [7, 11) is 0. The highest BCUT2D eigenvalue weighted by atomic mass is 19.1. The molecule has 7 nitrogen and oxygen atoms in total. The van der Waals surface area contributed by atoms with Crippen LogP contribution in [-0.4, -0.2) is 30.0 Å². The van der Waals surface area contributed by atoms with Crippen LogP contribution >= 0.6 is 0 Å². The zero-order valence-electron chi connectivity index (χ0n) is 14.7. The average Bonchev–Trinajstić information content (AvgIpc) is 2.63. The van der Waals surface area contributed by atoms with E-state index in [1.807, 2.05) is 0 Å². The summed E-state index contributed by atoms with van der Waals surface area (Å²) in [4.78, 5) is 36.6. The number of carbonyl (C=O) groups excluding carboxylic acids is 3. The van der Waals surface area contributed by atoms with Crippen molar-refractivity contribution in [2.24, 2.45) is 0 Å². The van der Waals surface area contributed by atoms with Gasteiger partial charge in [-0.15, -0.1) is 0 Å². The quantitative estimate of drug-likeness (QED) is 0.636. The van der Waals surface area contributed by atoms with Crippen molar-refractivity contribution < 1.29 is 28.2 Å². The smallest absolute Gasteiger partial charge is 0.360 e. The van der Waals surface area contributed by atoms with Crippen molar-refractivity contribution in [3.8, 4) is 5.75 Å². The summed E-state index contributed by atoms with van der Waals surface area (Å²) in [5.74, 6) is -2.13. The molecular formula is C19H17FN2O5. The van der Waals surface area contributed by atoms with Crippen LogP contribution in [0.15, 0.2) is 42.5 Å². The maximum absolute atomic E-state index is 13.0. The maximum atomic E-state index is 13.0. The molecule has 0 fully saturated rings. The molecule has 1 atom stereocenters. The lowest BCUT2D eigenvalue weighted by Gasteiger charge is -2.32. The fraction of sp³-hybridized carbons (Fsp3) is 0.211. The molecule has 27 heavy (non-hydrogen) atoms. The Kier molecular flexibility index (Phi) is 4.81. The Morgan fingerprint density at radius 2 is 1.93 bits per heavy atom. The number of benzene rings is 2. The molecule has 2 amide bonds. The van der Waals surface area contributed by atoms with E-state index >= 15 is 0 Å². The van der Waals surface area contributed by atoms with E-state index in [-0.39, 0.29) is 17.9 Å². The van der Waals surface area contributed by atoms with Gasteiger partial charge in [-0.05, 0) is 50.2 Å². The van der Waals surface area contributed by atoms with Gasteiger partial charge < -0.3 is 20.1 Å². The molecule has 2 aromatic rings. The zero-order chi connectivity index (χ0) is 19.6. The summed E-state index contributed by atoms with van der Waals surface area (Å²) in [5, 5.41) is 5.24. The minimum Gasteiger partial charge on any atom is -0.464 e. The van der Waals surface area contributed by atoms with Gasteiger partial charge >= 0.3 is 5.97 Å². The van der Waals surface area contributed by atoms with E-state index < -0.39 is 29.2 Å². The second kappa shape index (κ2) is 7.06. The standard InChI is InChI=1S/C19H17FN2O5/c1-3-26-18(25)19(2)17(24)22-14-9-8-13(10-15(14)27-19)21-16(23)11-4-6-12(20)7-5-11/h4-10H,3H2,1-2H3,(H,21,23)(H,22,24). The van der Waals surface area contributed by atoms with Crippen molar-refractivity contribution in [1.29, 1.82) is 0 Å². The number of ether oxygens (including phenoxy) is 2. The molecular weight excluding hydrogens is 355 g/mol. The number of nitrogens with one attached hydrogen (secondary N) is 2. The van der Waals surface area contributed by atoms with E-state index in [1.54, 1.807) is 13.0 Å². The summed E-state index contributed by atoms with van der Waals surface area (Å²) in [6.07, 6.45) is 0. The molecule has 0 aliphatic carbocycles. The molecule has 2 N–H and O–H groups in total. The number of carbonyl (C=O) groups is 3. The molecule has 8 heteroatoms. The Bertz CT molecular complexity index is 913. The minimum absolute atomic E-state index is 0.103. The van der Waals surface area contributed by atoms with Gasteiger partial charge in [0.25, 0.3) is 17.4 Å². The van der Waals surface area contributed by atoms with Gasteiger partial charge in [-0.2, -0.15) is 0 Å². The Morgan fingerprint density at radius 1 is 1.22 bits per heavy atom. The summed E-state index contributed by atoms with van der Waals surface area (Å²) < 4.78 is 23.5. The zero-order valence-corrected chi connectivity index (χ0v) is 14.7. The molecule has 1 unspecified atom stereocenters. The Morgan fingerprint density at radius 3 is 2.59 bits per heavy atom. The van der Waals surface area contributed by atoms with Gasteiger partial charge in [0.15, 0.2) is 0 Å². The normalized spacial score (nSPS) is 18.0. The van der Waals surface area contributed by atoms with Crippen molar-refractivity contribution in [2.75, 3.05) is 17.2 Å². The van der Waals surface area contributed by atoms with Gasteiger partial charge in [0.1, 0.15) is 11.6 Å². The van der Waals surface area contributed by atoms with Gasteiger partial charge in [0.2, 0.25) is 0 Å². The van der Waals surface area contributed by atoms with Gasteiger partial charge in [-0.25, -0.2) is 9.18 Å². The first-order chi connectivity index (χ1) is 12.8. The van der Waals surface area contributed by atoms with E-state index in [0.717, 1.165) is 0 Å². The number of anilines is 2. The highest BCUT2D eigenvalue weighted by molar-refractivity contribution is 6.14. The molecule has 0 aromatic heterocycles. The summed E-state index contributed by atoms with van der Waals surface area (Å²) in [6.45, 7) is 3.04. The molecule has 0 spiro atoms. The van der Waals surface area contributed by atoms with Crippen molar-refractivity contribution >= 4 is 29.2 Å². The molecule has 1 aliphatic heterocycles. The maximum Gasteiger partial charge on any atom is 0.360 e. The second-order valence-electron chi connectivity index (χ2n) is 5.98. The number of hydrogen-bond donors (Lipinski definition) is 2. The van der Waals surface area contributed by atoms with Crippen molar-refractivity contribution in [2.45, 2.75) is 19.4 Å². The van der Waals surface area contributed by atoms with Crippen LogP contribution < -0.4 is 15.4 Å². The SMILES string of the molecule is CCOC(=O)C1(C)Oc2cc(NC(=O)c3ccc(F)cc3)ccc2NC1=O. The van der Waals surface area contributed by atoms with Gasteiger partial charge in [-0.1, -0.05) is 0 Å². The first-order valence-electron chi connectivity index (χ1n) is 8.22. The van der Waals surface area contributed by atoms with Crippen LogP contribution in [0, 0.1) is 5.82 Å². The Balaban J connectivity index is 1.82. The predicted octanol–water partition coefficient (Wildman–Crippen LogP) is 2.73. The molecule has 0 saturated heterocycles. The number of esters is 1. The number of hydrogen-bond acceptors (Lipinski definition) is 5. The van der Waals surface area contributed by atoms with E-state index in [4.69, 9.17) is 9.47 Å². The Labute approximate surface area is 154 Å². The van der Waals surface area contributed by atoms with E-state index in [9.17, 15) is 18.8 Å². The van der Waals surface area contributed by atoms with Gasteiger partial charge in [0, 0.05) is 17.3 Å². The lowest BCUT2D eigenvalue weighted by Crippen LogP contribution is -2.55. The molecule has 1 aliphatic rings. The van der Waals surface area contributed by atoms with Crippen LogP contribution in [0.3, 0.4) is 0 Å². The second-order valence-corrected chi connectivity index (χ2v) is 5.98. The van der Waals surface area contributed by atoms with Crippen LogP contribution in [0.1, 0.15) is 24.2 Å². The lowest BCUT2D eigenvalue weighted by atomic mass is 10.0. The first-order valence-corrected chi connectivity index (χ1v) is 8.22. The van der Waals surface area contributed by atoms with Crippen molar-refractivity contribution in [1.82, 2.24) is 0 Å². The summed E-state index contributed by atoms with van der Waals surface area (Å²) >= 11 is 0. The summed E-state index contributed by atoms with van der Waals surface area (Å²) in [6, 6.07) is 9.68. The minimum atomic E-state index is -1.83. The van der Waals surface area contributed by atoms with Crippen LogP contribution in [0.5, 0.6) is 5.75 Å². The van der Waals surface area contributed by atoms with Crippen LogP contribution in [0.4, 0.5) is 15.8 Å². The molecule has 2 aromatic carbocycles. The Hall–Kier alpha value is -3.42. The predicted molar refractivity (Wildman–Crippen MR) is 95.1 cm³/mol. The van der Waals surface area contributed by atoms with Crippen molar-refractivity contribution in [3.63, 3.8) is 0 Å². The van der Waals surface area contributed by atoms with Crippen LogP contribution in [-0.2, 0) is 14.3 Å². The monoisotopic (exact) mass is 372 g/mol. The van der Waals surface area contributed by atoms with E-state index in [2.05, 4.69) is 10.6 Å². The lowest BCUT2D eigenvalue weighted by molar-refractivity contribution is -0.165. The third-order valence-corrected chi connectivity index (χ3v) is 4.01. The highest BCUT2D eigenvalue weighted by Crippen LogP contribution is 2.36. The van der Waals surface area contributed by atoms with Crippen molar-refractivity contribution in [3.05, 3.63) is 53.8 Å². The fourth-order valence-electron chi connectivity index (χ4n) is 2.50. The fourth-order valence-corrected chi connectivity index (χ4v) is 2.50. The van der Waals surface area contributed by atoms with E-state index in [1.165, 1.54) is 43.3 Å². The molecule has 0 bridgehead atoms. The molecule has 0 saturated carbocycles. The number of fused-ring (bicyclic) bond motifs is 1. The third kappa shape index (κ3) is 3.59. The number of rotatable bonds is 4. The highest BCUT2D eigenvalue weighted by Gasteiger charge is 2.48. The molecule has 3 rings (SSSR count). The van der Waals surface area contributed by atoms with Gasteiger partial charge in [0.05, 0.1) is 12.3 Å². The summed E-state index contributed by atoms with van der Waals surface area (Å²) in [5.41, 5.74) is -0.811. The van der Waals surface area contributed by atoms with Crippen LogP contribution in [0.2, 0.25) is 0 Å². The van der Waals surface area contributed by atoms with Crippen LogP contribution in [0.25, 0.3) is 0 Å².